The van der Waals surface area contributed by atoms with Gasteiger partial charge in [0.25, 0.3) is 0 Å². The topological polar surface area (TPSA) is 51.0 Å². The normalized spacial score (nSPS) is 23.0. The molecule has 1 aromatic heterocycles. The molecular weight excluding hydrogens is 316 g/mol. The van der Waals surface area contributed by atoms with Gasteiger partial charge in [-0.2, -0.15) is 0 Å². The Labute approximate surface area is 151 Å². The van der Waals surface area contributed by atoms with E-state index in [2.05, 4.69) is 38.2 Å². The molecular formula is C19H32N4O2. The van der Waals surface area contributed by atoms with Gasteiger partial charge in [-0.1, -0.05) is 0 Å². The summed E-state index contributed by atoms with van der Waals surface area (Å²) < 4.78 is 13.9. The minimum atomic E-state index is 0.312. The highest BCUT2D eigenvalue weighted by Gasteiger charge is 2.23. The van der Waals surface area contributed by atoms with E-state index in [0.717, 1.165) is 58.1 Å². The lowest BCUT2D eigenvalue weighted by Crippen LogP contribution is -2.47. The largest absolute Gasteiger partial charge is 0.376 e. The van der Waals surface area contributed by atoms with Crippen LogP contribution in [0.15, 0.2) is 23.5 Å². The molecule has 0 radical (unpaired) electrons. The molecule has 6 nitrogen and oxygen atoms in total. The lowest BCUT2D eigenvalue weighted by Gasteiger charge is -2.35. The van der Waals surface area contributed by atoms with Gasteiger partial charge in [-0.3, -0.25) is 4.99 Å². The summed E-state index contributed by atoms with van der Waals surface area (Å²) in [5.41, 5.74) is 1.27. The van der Waals surface area contributed by atoms with E-state index in [0.29, 0.717) is 12.2 Å². The molecule has 0 aliphatic carbocycles. The number of likely N-dealkylation sites (tertiary alicyclic amines) is 1. The van der Waals surface area contributed by atoms with E-state index in [9.17, 15) is 0 Å². The van der Waals surface area contributed by atoms with Crippen LogP contribution in [0.1, 0.15) is 37.7 Å². The maximum absolute atomic E-state index is 6.10. The van der Waals surface area contributed by atoms with Gasteiger partial charge in [0, 0.05) is 52.7 Å². The van der Waals surface area contributed by atoms with Crippen molar-refractivity contribution in [2.45, 2.75) is 50.9 Å². The molecule has 0 amide bonds. The van der Waals surface area contributed by atoms with Gasteiger partial charge < -0.3 is 24.3 Å². The number of nitrogens with one attached hydrogen (secondary N) is 1. The zero-order valence-corrected chi connectivity index (χ0v) is 15.6. The molecule has 0 saturated carbocycles. The molecule has 25 heavy (non-hydrogen) atoms. The van der Waals surface area contributed by atoms with Gasteiger partial charge in [0.1, 0.15) is 0 Å². The number of nitrogens with zero attached hydrogens (tertiary/aromatic N) is 3. The molecule has 3 rings (SSSR count). The molecule has 2 aliphatic heterocycles. The molecule has 0 spiro atoms. The Morgan fingerprint density at radius 3 is 2.80 bits per heavy atom. The Morgan fingerprint density at radius 1 is 1.32 bits per heavy atom. The van der Waals surface area contributed by atoms with Crippen molar-refractivity contribution < 1.29 is 9.47 Å². The first-order chi connectivity index (χ1) is 12.2. The van der Waals surface area contributed by atoms with Crippen molar-refractivity contribution in [3.8, 4) is 0 Å². The highest BCUT2D eigenvalue weighted by Crippen LogP contribution is 2.18. The average molecular weight is 348 g/mol. The number of ether oxygens (including phenoxy) is 2. The molecule has 1 aromatic rings. The first-order valence-corrected chi connectivity index (χ1v) is 9.54. The summed E-state index contributed by atoms with van der Waals surface area (Å²) >= 11 is 0. The van der Waals surface area contributed by atoms with Crippen molar-refractivity contribution in [1.29, 1.82) is 0 Å². The Kier molecular flexibility index (Phi) is 6.76. The van der Waals surface area contributed by atoms with Crippen molar-refractivity contribution in [2.24, 2.45) is 12.0 Å². The molecule has 6 heteroatoms. The van der Waals surface area contributed by atoms with Gasteiger partial charge in [-0.25, -0.2) is 0 Å². The Balaban J connectivity index is 1.37. The standard InChI is InChI=1S/C19H32N4O2/c1-20-19(21-13-16-6-9-22(2)14-16)23-10-7-17(8-11-23)25-15-18-5-3-4-12-24-18/h6,9,14,17-18H,3-5,7-8,10-13,15H2,1-2H3,(H,20,21). The van der Waals surface area contributed by atoms with E-state index in [1.807, 2.05) is 14.1 Å². The molecule has 140 valence electrons. The fourth-order valence-electron chi connectivity index (χ4n) is 3.60. The first kappa shape index (κ1) is 18.3. The summed E-state index contributed by atoms with van der Waals surface area (Å²) in [6, 6.07) is 2.13. The number of aliphatic imine (C=N–C) groups is 1. The summed E-state index contributed by atoms with van der Waals surface area (Å²) in [5, 5.41) is 3.47. The Hall–Kier alpha value is -1.53. The highest BCUT2D eigenvalue weighted by molar-refractivity contribution is 5.79. The van der Waals surface area contributed by atoms with Crippen molar-refractivity contribution in [3.05, 3.63) is 24.0 Å². The molecule has 1 unspecified atom stereocenters. The zero-order chi connectivity index (χ0) is 17.5. The van der Waals surface area contributed by atoms with E-state index < -0.39 is 0 Å². The number of hydrogen-bond donors (Lipinski definition) is 1. The van der Waals surface area contributed by atoms with Gasteiger partial charge in [0.05, 0.1) is 18.8 Å². The third kappa shape index (κ3) is 5.47. The number of guanidine groups is 1. The average Bonchev–Trinajstić information content (AvgIpc) is 3.07. The van der Waals surface area contributed by atoms with Crippen LogP contribution in [-0.2, 0) is 23.1 Å². The zero-order valence-electron chi connectivity index (χ0n) is 15.6. The molecule has 2 aliphatic rings. The second-order valence-corrected chi connectivity index (χ2v) is 7.09. The van der Waals surface area contributed by atoms with Crippen LogP contribution in [0.2, 0.25) is 0 Å². The van der Waals surface area contributed by atoms with Crippen molar-refractivity contribution in [2.75, 3.05) is 33.4 Å². The van der Waals surface area contributed by atoms with Gasteiger partial charge in [0.2, 0.25) is 0 Å². The van der Waals surface area contributed by atoms with Crippen LogP contribution >= 0.6 is 0 Å². The van der Waals surface area contributed by atoms with Crippen LogP contribution in [-0.4, -0.2) is 61.0 Å². The van der Waals surface area contributed by atoms with Crippen LogP contribution in [0.4, 0.5) is 0 Å². The predicted octanol–water partition coefficient (Wildman–Crippen LogP) is 2.15. The van der Waals surface area contributed by atoms with E-state index in [4.69, 9.17) is 9.47 Å². The number of hydrogen-bond acceptors (Lipinski definition) is 3. The maximum atomic E-state index is 6.10. The minimum absolute atomic E-state index is 0.312. The molecule has 1 atom stereocenters. The summed E-state index contributed by atoms with van der Waals surface area (Å²) in [5.74, 6) is 0.984. The van der Waals surface area contributed by atoms with Crippen molar-refractivity contribution >= 4 is 5.96 Å². The van der Waals surface area contributed by atoms with Crippen molar-refractivity contribution in [1.82, 2.24) is 14.8 Å². The summed E-state index contributed by atoms with van der Waals surface area (Å²) in [6.07, 6.45) is 10.6. The van der Waals surface area contributed by atoms with Crippen LogP contribution in [0, 0.1) is 0 Å². The third-order valence-electron chi connectivity index (χ3n) is 5.09. The highest BCUT2D eigenvalue weighted by atomic mass is 16.5. The molecule has 3 heterocycles. The maximum Gasteiger partial charge on any atom is 0.193 e. The second-order valence-electron chi connectivity index (χ2n) is 7.09. The summed E-state index contributed by atoms with van der Waals surface area (Å²) in [7, 11) is 3.90. The van der Waals surface area contributed by atoms with Crippen molar-refractivity contribution in [3.63, 3.8) is 0 Å². The van der Waals surface area contributed by atoms with E-state index in [1.54, 1.807) is 0 Å². The molecule has 1 N–H and O–H groups in total. The van der Waals surface area contributed by atoms with Gasteiger partial charge >= 0.3 is 0 Å². The van der Waals surface area contributed by atoms with E-state index in [-0.39, 0.29) is 0 Å². The van der Waals surface area contributed by atoms with Gasteiger partial charge in [-0.15, -0.1) is 0 Å². The number of aromatic nitrogens is 1. The number of piperidine rings is 1. The molecule has 0 aromatic carbocycles. The third-order valence-corrected chi connectivity index (χ3v) is 5.09. The van der Waals surface area contributed by atoms with Crippen LogP contribution < -0.4 is 5.32 Å². The number of aryl methyl sites for hydroxylation is 1. The van der Waals surface area contributed by atoms with Gasteiger partial charge in [-0.05, 0) is 43.7 Å². The quantitative estimate of drug-likeness (QED) is 0.654. The fraction of sp³-hybridized carbons (Fsp3) is 0.737. The fourth-order valence-corrected chi connectivity index (χ4v) is 3.60. The smallest absolute Gasteiger partial charge is 0.193 e. The second kappa shape index (κ2) is 9.25. The number of rotatable bonds is 5. The monoisotopic (exact) mass is 348 g/mol. The van der Waals surface area contributed by atoms with Crippen LogP contribution in [0.5, 0.6) is 0 Å². The molecule has 2 saturated heterocycles. The SMILES string of the molecule is CN=C(NCc1ccn(C)c1)N1CCC(OCC2CCCCO2)CC1. The van der Waals surface area contributed by atoms with E-state index >= 15 is 0 Å². The predicted molar refractivity (Wildman–Crippen MR) is 99.7 cm³/mol. The molecule has 0 bridgehead atoms. The van der Waals surface area contributed by atoms with Gasteiger partial charge in [0.15, 0.2) is 5.96 Å². The molecule has 2 fully saturated rings. The van der Waals surface area contributed by atoms with E-state index in [1.165, 1.54) is 18.4 Å². The summed E-state index contributed by atoms with van der Waals surface area (Å²) in [4.78, 5) is 6.78. The Morgan fingerprint density at radius 2 is 2.16 bits per heavy atom. The lowest BCUT2D eigenvalue weighted by atomic mass is 10.1. The minimum Gasteiger partial charge on any atom is -0.376 e. The summed E-state index contributed by atoms with van der Waals surface area (Å²) in [6.45, 7) is 4.44. The lowest BCUT2D eigenvalue weighted by molar-refractivity contribution is -0.0721. The Bertz CT molecular complexity index is 543. The first-order valence-electron chi connectivity index (χ1n) is 9.54. The van der Waals surface area contributed by atoms with Crippen LogP contribution in [0.3, 0.4) is 0 Å². The van der Waals surface area contributed by atoms with Crippen LogP contribution in [0.25, 0.3) is 0 Å².